The Bertz CT molecular complexity index is 545. The second-order valence-corrected chi connectivity index (χ2v) is 6.73. The van der Waals surface area contributed by atoms with Crippen LogP contribution in [-0.2, 0) is 0 Å². The zero-order valence-electron chi connectivity index (χ0n) is 12.6. The van der Waals surface area contributed by atoms with Gasteiger partial charge in [-0.2, -0.15) is 0 Å². The van der Waals surface area contributed by atoms with Crippen molar-refractivity contribution in [1.29, 1.82) is 0 Å². The van der Waals surface area contributed by atoms with Crippen LogP contribution in [0.4, 0.5) is 0 Å². The second-order valence-electron chi connectivity index (χ2n) is 5.55. The number of alkyl halides is 1. The molecule has 0 nitrogen and oxygen atoms in total. The van der Waals surface area contributed by atoms with Crippen molar-refractivity contribution in [2.75, 3.05) is 0 Å². The minimum atomic E-state index is 0.428. The summed E-state index contributed by atoms with van der Waals surface area (Å²) in [7, 11) is 0. The van der Waals surface area contributed by atoms with Crippen molar-refractivity contribution in [3.8, 4) is 0 Å². The molecule has 106 valence electrons. The summed E-state index contributed by atoms with van der Waals surface area (Å²) in [5, 5.41) is 0. The summed E-state index contributed by atoms with van der Waals surface area (Å²) in [4.78, 5) is 0.483. The molecule has 1 heteroatoms. The van der Waals surface area contributed by atoms with E-state index in [0.717, 1.165) is 0 Å². The molecule has 0 aromatic heterocycles. The molecule has 2 aromatic rings. The van der Waals surface area contributed by atoms with Crippen molar-refractivity contribution in [2.24, 2.45) is 0 Å². The fourth-order valence-corrected chi connectivity index (χ4v) is 3.91. The Kier molecular flexibility index (Phi) is 5.42. The summed E-state index contributed by atoms with van der Waals surface area (Å²) >= 11 is 3.93. The van der Waals surface area contributed by atoms with E-state index in [9.17, 15) is 0 Å². The Morgan fingerprint density at radius 2 is 1.70 bits per heavy atom. The third-order valence-corrected chi connectivity index (χ3v) is 4.83. The molecule has 0 aliphatic rings. The molecule has 2 rings (SSSR count). The van der Waals surface area contributed by atoms with Crippen molar-refractivity contribution >= 4 is 15.9 Å². The van der Waals surface area contributed by atoms with E-state index >= 15 is 0 Å². The van der Waals surface area contributed by atoms with E-state index < -0.39 is 0 Å². The highest BCUT2D eigenvalue weighted by atomic mass is 79.9. The normalized spacial score (nSPS) is 14.0. The van der Waals surface area contributed by atoms with Crippen LogP contribution in [0.5, 0.6) is 0 Å². The first kappa shape index (κ1) is 15.3. The van der Waals surface area contributed by atoms with Gasteiger partial charge in [0.1, 0.15) is 0 Å². The van der Waals surface area contributed by atoms with Crippen LogP contribution in [0, 0.1) is 13.8 Å². The summed E-state index contributed by atoms with van der Waals surface area (Å²) in [6, 6.07) is 17.7. The van der Waals surface area contributed by atoms with Crippen LogP contribution in [0.1, 0.15) is 47.9 Å². The van der Waals surface area contributed by atoms with E-state index in [-0.39, 0.29) is 0 Å². The number of halogens is 1. The van der Waals surface area contributed by atoms with Gasteiger partial charge in [-0.25, -0.2) is 0 Å². The molecule has 0 amide bonds. The molecule has 0 radical (unpaired) electrons. The van der Waals surface area contributed by atoms with Gasteiger partial charge in [0.15, 0.2) is 0 Å². The molecule has 0 aliphatic heterocycles. The molecular weight excluding hydrogens is 308 g/mol. The minimum Gasteiger partial charge on any atom is -0.0880 e. The molecule has 0 spiro atoms. The maximum Gasteiger partial charge on any atom is 0.0255 e. The lowest BCUT2D eigenvalue weighted by Gasteiger charge is -2.25. The van der Waals surface area contributed by atoms with Crippen LogP contribution in [0.2, 0.25) is 0 Å². The van der Waals surface area contributed by atoms with Crippen LogP contribution in [0.3, 0.4) is 0 Å². The summed E-state index contributed by atoms with van der Waals surface area (Å²) in [6.07, 6.45) is 2.39. The van der Waals surface area contributed by atoms with Gasteiger partial charge in [0.2, 0.25) is 0 Å². The zero-order valence-corrected chi connectivity index (χ0v) is 14.2. The van der Waals surface area contributed by atoms with E-state index in [1.54, 1.807) is 0 Å². The molecular formula is C19H23Br. The maximum absolute atomic E-state index is 3.93. The Morgan fingerprint density at radius 1 is 1.00 bits per heavy atom. The average Bonchev–Trinajstić information content (AvgIpc) is 2.43. The smallest absolute Gasteiger partial charge is 0.0255 e. The predicted molar refractivity (Wildman–Crippen MR) is 91.8 cm³/mol. The van der Waals surface area contributed by atoms with Gasteiger partial charge in [-0.3, -0.25) is 0 Å². The SMILES string of the molecule is CCCC(Br)C(c1ccccc1)c1ccc(C)cc1C. The summed E-state index contributed by atoms with van der Waals surface area (Å²) < 4.78 is 0. The summed E-state index contributed by atoms with van der Waals surface area (Å²) in [5.74, 6) is 0.428. The molecule has 2 unspecified atom stereocenters. The average molecular weight is 331 g/mol. The first-order valence-electron chi connectivity index (χ1n) is 7.39. The third kappa shape index (κ3) is 3.52. The lowest BCUT2D eigenvalue weighted by molar-refractivity contribution is 0.675. The zero-order chi connectivity index (χ0) is 14.5. The fourth-order valence-electron chi connectivity index (χ4n) is 2.86. The largest absolute Gasteiger partial charge is 0.0880 e. The summed E-state index contributed by atoms with van der Waals surface area (Å²) in [6.45, 7) is 6.63. The van der Waals surface area contributed by atoms with Gasteiger partial charge in [0, 0.05) is 10.7 Å². The molecule has 0 aliphatic carbocycles. The predicted octanol–water partition coefficient (Wildman–Crippen LogP) is 6.00. The van der Waals surface area contributed by atoms with Gasteiger partial charge in [-0.1, -0.05) is 83.4 Å². The number of rotatable bonds is 5. The lowest BCUT2D eigenvalue weighted by atomic mass is 9.84. The quantitative estimate of drug-likeness (QED) is 0.590. The molecule has 20 heavy (non-hydrogen) atoms. The number of benzene rings is 2. The van der Waals surface area contributed by atoms with E-state index in [4.69, 9.17) is 0 Å². The highest BCUT2D eigenvalue weighted by Crippen LogP contribution is 2.36. The minimum absolute atomic E-state index is 0.428. The van der Waals surface area contributed by atoms with Gasteiger partial charge in [-0.15, -0.1) is 0 Å². The molecule has 0 N–H and O–H groups in total. The third-order valence-electron chi connectivity index (χ3n) is 3.85. The van der Waals surface area contributed by atoms with E-state index in [0.29, 0.717) is 10.7 Å². The number of aryl methyl sites for hydroxylation is 2. The van der Waals surface area contributed by atoms with Crippen molar-refractivity contribution in [3.63, 3.8) is 0 Å². The van der Waals surface area contributed by atoms with Gasteiger partial charge >= 0.3 is 0 Å². The van der Waals surface area contributed by atoms with Gasteiger partial charge in [0.25, 0.3) is 0 Å². The van der Waals surface area contributed by atoms with E-state index in [2.05, 4.69) is 85.2 Å². The fraction of sp³-hybridized carbons (Fsp3) is 0.368. The van der Waals surface area contributed by atoms with Crippen LogP contribution in [-0.4, -0.2) is 4.83 Å². The molecule has 0 saturated carbocycles. The van der Waals surface area contributed by atoms with E-state index in [1.807, 2.05) is 0 Å². The van der Waals surface area contributed by atoms with Crippen LogP contribution in [0.15, 0.2) is 48.5 Å². The molecule has 0 saturated heterocycles. The highest BCUT2D eigenvalue weighted by Gasteiger charge is 2.23. The number of hydrogen-bond acceptors (Lipinski definition) is 0. The van der Waals surface area contributed by atoms with Crippen molar-refractivity contribution in [2.45, 2.75) is 44.4 Å². The Labute approximate surface area is 131 Å². The molecule has 0 heterocycles. The summed E-state index contributed by atoms with van der Waals surface area (Å²) in [5.41, 5.74) is 5.56. The molecule has 2 atom stereocenters. The maximum atomic E-state index is 3.93. The Balaban J connectivity index is 2.46. The van der Waals surface area contributed by atoms with Gasteiger partial charge in [0.05, 0.1) is 0 Å². The molecule has 0 bridgehead atoms. The monoisotopic (exact) mass is 330 g/mol. The van der Waals surface area contributed by atoms with Crippen molar-refractivity contribution in [1.82, 2.24) is 0 Å². The standard InChI is InChI=1S/C19H23Br/c1-4-8-18(20)19(16-9-6-5-7-10-16)17-12-11-14(2)13-15(17)3/h5-7,9-13,18-19H,4,8H2,1-3H3. The van der Waals surface area contributed by atoms with Crippen molar-refractivity contribution < 1.29 is 0 Å². The van der Waals surface area contributed by atoms with Gasteiger partial charge < -0.3 is 0 Å². The van der Waals surface area contributed by atoms with Crippen LogP contribution >= 0.6 is 15.9 Å². The number of hydrogen-bond donors (Lipinski definition) is 0. The van der Waals surface area contributed by atoms with Crippen LogP contribution in [0.25, 0.3) is 0 Å². The lowest BCUT2D eigenvalue weighted by Crippen LogP contribution is -2.15. The molecule has 2 aromatic carbocycles. The first-order valence-corrected chi connectivity index (χ1v) is 8.31. The Hall–Kier alpha value is -1.08. The topological polar surface area (TPSA) is 0 Å². The second kappa shape index (κ2) is 7.08. The first-order chi connectivity index (χ1) is 9.63. The van der Waals surface area contributed by atoms with Crippen LogP contribution < -0.4 is 0 Å². The molecule has 0 fully saturated rings. The van der Waals surface area contributed by atoms with Crippen molar-refractivity contribution in [3.05, 3.63) is 70.8 Å². The Morgan fingerprint density at radius 3 is 2.30 bits per heavy atom. The highest BCUT2D eigenvalue weighted by molar-refractivity contribution is 9.09. The van der Waals surface area contributed by atoms with Gasteiger partial charge in [-0.05, 0) is 37.0 Å². The van der Waals surface area contributed by atoms with E-state index in [1.165, 1.54) is 35.1 Å².